The lowest BCUT2D eigenvalue weighted by Crippen LogP contribution is -2.22. The Morgan fingerprint density at radius 2 is 2.10 bits per heavy atom. The minimum atomic E-state index is -1.07. The van der Waals surface area contributed by atoms with Crippen LogP contribution in [-0.2, 0) is 18.5 Å². The van der Waals surface area contributed by atoms with Crippen LogP contribution in [0.25, 0.3) is 11.0 Å². The Morgan fingerprint density at radius 1 is 1.38 bits per heavy atom. The molecule has 0 spiro atoms. The summed E-state index contributed by atoms with van der Waals surface area (Å²) in [5.74, 6) is 0. The molecule has 2 aromatic rings. The van der Waals surface area contributed by atoms with Crippen molar-refractivity contribution in [3.05, 3.63) is 22.6 Å². The minimum Gasteiger partial charge on any atom is -0.361 e. The third-order valence-electron chi connectivity index (χ3n) is 3.37. The van der Waals surface area contributed by atoms with Gasteiger partial charge in [-0.05, 0) is 18.4 Å². The molecule has 0 aromatic carbocycles. The summed E-state index contributed by atoms with van der Waals surface area (Å²) < 4.78 is 9.24. The van der Waals surface area contributed by atoms with E-state index in [0.29, 0.717) is 17.8 Å². The van der Waals surface area contributed by atoms with Gasteiger partial charge in [0.05, 0.1) is 5.39 Å². The molecule has 0 bridgehead atoms. The van der Waals surface area contributed by atoms with Gasteiger partial charge in [0.1, 0.15) is 12.4 Å². The number of rotatable bonds is 6. The van der Waals surface area contributed by atoms with Gasteiger partial charge >= 0.3 is 0 Å². The summed E-state index contributed by atoms with van der Waals surface area (Å²) in [4.78, 5) is 16.8. The molecule has 0 saturated heterocycles. The Kier molecular flexibility index (Phi) is 4.95. The molecule has 5 nitrogen and oxygen atoms in total. The van der Waals surface area contributed by atoms with Gasteiger partial charge < -0.3 is 9.30 Å². The van der Waals surface area contributed by atoms with Crippen molar-refractivity contribution >= 4 is 30.9 Å². The van der Waals surface area contributed by atoms with Crippen molar-refractivity contribution in [2.45, 2.75) is 37.6 Å². The van der Waals surface area contributed by atoms with Gasteiger partial charge in [0, 0.05) is 27.9 Å². The molecule has 7 heteroatoms. The van der Waals surface area contributed by atoms with Crippen LogP contribution in [0.4, 0.5) is 0 Å². The van der Waals surface area contributed by atoms with Crippen molar-refractivity contribution in [1.29, 1.82) is 0 Å². The average Bonchev–Trinajstić information content (AvgIpc) is 2.81. The van der Waals surface area contributed by atoms with Gasteiger partial charge in [-0.1, -0.05) is 31.4 Å². The molecule has 0 saturated carbocycles. The van der Waals surface area contributed by atoms with Gasteiger partial charge in [-0.15, -0.1) is 0 Å². The van der Waals surface area contributed by atoms with Crippen molar-refractivity contribution in [3.63, 3.8) is 0 Å². The zero-order valence-corrected chi connectivity index (χ0v) is 15.2. The van der Waals surface area contributed by atoms with Crippen LogP contribution in [0.1, 0.15) is 0 Å². The summed E-state index contributed by atoms with van der Waals surface area (Å²) in [7, 11) is 0.682. The normalized spacial score (nSPS) is 12.2. The molecule has 116 valence electrons. The highest BCUT2D eigenvalue weighted by molar-refractivity contribution is 7.98. The molecule has 0 aliphatic heterocycles. The van der Waals surface area contributed by atoms with Crippen molar-refractivity contribution < 1.29 is 4.74 Å². The van der Waals surface area contributed by atoms with Crippen LogP contribution in [-0.4, -0.2) is 35.1 Å². The monoisotopic (exact) mass is 325 g/mol. The number of fused-ring (bicyclic) bond motifs is 1. The van der Waals surface area contributed by atoms with E-state index in [1.165, 1.54) is 11.8 Å². The fourth-order valence-electron chi connectivity index (χ4n) is 2.02. The maximum absolute atomic E-state index is 12.2. The smallest absolute Gasteiger partial charge is 0.263 e. The predicted molar refractivity (Wildman–Crippen MR) is 90.9 cm³/mol. The van der Waals surface area contributed by atoms with Crippen molar-refractivity contribution in [2.24, 2.45) is 7.05 Å². The molecular formula is C14H23N3O2SSi. The average molecular weight is 326 g/mol. The molecule has 0 fully saturated rings. The van der Waals surface area contributed by atoms with E-state index in [1.807, 2.05) is 23.1 Å². The first-order chi connectivity index (χ1) is 9.83. The third-order valence-corrected chi connectivity index (χ3v) is 5.80. The van der Waals surface area contributed by atoms with Crippen molar-refractivity contribution in [3.8, 4) is 0 Å². The van der Waals surface area contributed by atoms with E-state index in [4.69, 9.17) is 4.74 Å². The van der Waals surface area contributed by atoms with E-state index >= 15 is 0 Å². The summed E-state index contributed by atoms with van der Waals surface area (Å²) in [5, 5.41) is 1.36. The van der Waals surface area contributed by atoms with E-state index in [9.17, 15) is 4.79 Å². The molecule has 2 heterocycles. The number of ether oxygens (including phenoxy) is 1. The number of hydrogen-bond acceptors (Lipinski definition) is 4. The number of thioether (sulfide) groups is 1. The Bertz CT molecular complexity index is 688. The first-order valence-electron chi connectivity index (χ1n) is 7.01. The first-order valence-corrected chi connectivity index (χ1v) is 11.9. The Balaban J connectivity index is 2.18. The summed E-state index contributed by atoms with van der Waals surface area (Å²) >= 11 is 1.47. The Morgan fingerprint density at radius 3 is 2.71 bits per heavy atom. The Labute approximate surface area is 130 Å². The fourth-order valence-corrected chi connectivity index (χ4v) is 3.31. The zero-order valence-electron chi connectivity index (χ0n) is 13.3. The first kappa shape index (κ1) is 16.3. The fraction of sp³-hybridized carbons (Fsp3) is 0.571. The van der Waals surface area contributed by atoms with Crippen molar-refractivity contribution in [1.82, 2.24) is 14.1 Å². The highest BCUT2D eigenvalue weighted by atomic mass is 32.2. The van der Waals surface area contributed by atoms with Gasteiger partial charge in [-0.25, -0.2) is 4.98 Å². The van der Waals surface area contributed by atoms with Crippen LogP contribution in [0, 0.1) is 0 Å². The summed E-state index contributed by atoms with van der Waals surface area (Å²) in [5.41, 5.74) is 0.695. The highest BCUT2D eigenvalue weighted by Crippen LogP contribution is 2.16. The van der Waals surface area contributed by atoms with Crippen LogP contribution in [0.15, 0.2) is 22.2 Å². The quantitative estimate of drug-likeness (QED) is 0.355. The molecule has 0 unspecified atom stereocenters. The molecule has 0 radical (unpaired) electrons. The summed E-state index contributed by atoms with van der Waals surface area (Å²) in [6.45, 7) is 8.20. The van der Waals surface area contributed by atoms with Gasteiger partial charge in [0.2, 0.25) is 0 Å². The lowest BCUT2D eigenvalue weighted by molar-refractivity contribution is 0.0898. The Hall–Kier alpha value is -1.05. The lowest BCUT2D eigenvalue weighted by Gasteiger charge is -2.15. The largest absolute Gasteiger partial charge is 0.361 e. The molecule has 0 aliphatic rings. The van der Waals surface area contributed by atoms with Crippen LogP contribution >= 0.6 is 11.8 Å². The predicted octanol–water partition coefficient (Wildman–Crippen LogP) is 2.77. The van der Waals surface area contributed by atoms with Gasteiger partial charge in [0.25, 0.3) is 5.56 Å². The van der Waals surface area contributed by atoms with Crippen LogP contribution < -0.4 is 5.56 Å². The molecule has 2 aromatic heterocycles. The van der Waals surface area contributed by atoms with E-state index in [2.05, 4.69) is 24.6 Å². The van der Waals surface area contributed by atoms with Crippen LogP contribution in [0.5, 0.6) is 0 Å². The SMILES string of the molecule is CSc1nc2c(ccn2COCC[Si](C)(C)C)c(=O)n1C. The second kappa shape index (κ2) is 6.37. The molecule has 0 amide bonds. The summed E-state index contributed by atoms with van der Waals surface area (Å²) in [6, 6.07) is 2.95. The third kappa shape index (κ3) is 3.78. The molecule has 0 atom stereocenters. The molecule has 0 N–H and O–H groups in total. The van der Waals surface area contributed by atoms with Crippen LogP contribution in [0.3, 0.4) is 0 Å². The molecule has 2 rings (SSSR count). The topological polar surface area (TPSA) is 49.1 Å². The minimum absolute atomic E-state index is 0.00908. The number of hydrogen-bond donors (Lipinski definition) is 0. The van der Waals surface area contributed by atoms with Gasteiger partial charge in [-0.3, -0.25) is 9.36 Å². The zero-order chi connectivity index (χ0) is 15.6. The van der Waals surface area contributed by atoms with Gasteiger partial charge in [0.15, 0.2) is 5.16 Å². The second-order valence-corrected chi connectivity index (χ2v) is 12.7. The number of nitrogens with zero attached hydrogens (tertiary/aromatic N) is 3. The maximum Gasteiger partial charge on any atom is 0.263 e. The standard InChI is InChI=1S/C14H23N3O2SSi/c1-16-13(18)11-6-7-17(12(11)15-14(16)20-2)10-19-8-9-21(3,4)5/h6-7H,8-10H2,1-5H3. The van der Waals surface area contributed by atoms with E-state index < -0.39 is 8.07 Å². The lowest BCUT2D eigenvalue weighted by atomic mass is 10.4. The van der Waals surface area contributed by atoms with Crippen molar-refractivity contribution in [2.75, 3.05) is 12.9 Å². The maximum atomic E-state index is 12.2. The summed E-state index contributed by atoms with van der Waals surface area (Å²) in [6.07, 6.45) is 3.79. The number of aromatic nitrogens is 3. The van der Waals surface area contributed by atoms with Crippen LogP contribution in [0.2, 0.25) is 25.7 Å². The molecule has 21 heavy (non-hydrogen) atoms. The second-order valence-electron chi connectivity index (χ2n) is 6.33. The molecular weight excluding hydrogens is 302 g/mol. The van der Waals surface area contributed by atoms with E-state index in [1.54, 1.807) is 11.6 Å². The van der Waals surface area contributed by atoms with Gasteiger partial charge in [-0.2, -0.15) is 0 Å². The molecule has 0 aliphatic carbocycles. The van der Waals surface area contributed by atoms with E-state index in [-0.39, 0.29) is 5.56 Å². The van der Waals surface area contributed by atoms with E-state index in [0.717, 1.165) is 17.8 Å². The highest BCUT2D eigenvalue weighted by Gasteiger charge is 2.13.